The van der Waals surface area contributed by atoms with Crippen molar-refractivity contribution in [2.75, 3.05) is 37.7 Å². The van der Waals surface area contributed by atoms with Gasteiger partial charge in [0.1, 0.15) is 12.1 Å². The van der Waals surface area contributed by atoms with Gasteiger partial charge in [-0.25, -0.2) is 0 Å². The molecule has 8 heteroatoms. The smallest absolute Gasteiger partial charge is 0.252 e. The van der Waals surface area contributed by atoms with Gasteiger partial charge in [-0.3, -0.25) is 9.59 Å². The minimum absolute atomic E-state index is 0. The number of hydrogen-bond acceptors (Lipinski definition) is 5. The summed E-state index contributed by atoms with van der Waals surface area (Å²) in [5.74, 6) is 2.10. The Morgan fingerprint density at radius 2 is 1.83 bits per heavy atom. The van der Waals surface area contributed by atoms with Crippen LogP contribution in [-0.4, -0.2) is 77.5 Å². The molecule has 0 aliphatic carbocycles. The second kappa shape index (κ2) is 8.55. The van der Waals surface area contributed by atoms with Crippen molar-refractivity contribution in [3.05, 3.63) is 0 Å². The van der Waals surface area contributed by atoms with Gasteiger partial charge in [-0.2, -0.15) is 11.8 Å². The molecule has 2 amide bonds. The van der Waals surface area contributed by atoms with Crippen molar-refractivity contribution in [2.45, 2.75) is 43.9 Å². The molecule has 132 valence electrons. The van der Waals surface area contributed by atoms with Gasteiger partial charge in [-0.1, -0.05) is 0 Å². The molecule has 0 spiro atoms. The summed E-state index contributed by atoms with van der Waals surface area (Å²) in [6.45, 7) is 2.73. The molecular weight excluding hydrogens is 338 g/mol. The highest BCUT2D eigenvalue weighted by Crippen LogP contribution is 2.26. The predicted molar refractivity (Wildman–Crippen MR) is 92.8 cm³/mol. The van der Waals surface area contributed by atoms with Gasteiger partial charge in [0.05, 0.1) is 6.10 Å². The van der Waals surface area contributed by atoms with Gasteiger partial charge >= 0.3 is 0 Å². The van der Waals surface area contributed by atoms with Crippen molar-refractivity contribution >= 4 is 36.0 Å². The van der Waals surface area contributed by atoms with E-state index in [1.54, 1.807) is 4.90 Å². The normalized spacial score (nSPS) is 31.1. The number of amides is 2. The number of likely N-dealkylation sites (tertiary alicyclic amines) is 1. The molecular formula is C15H26ClN3O3S. The van der Waals surface area contributed by atoms with Crippen LogP contribution in [0.2, 0.25) is 0 Å². The maximum atomic E-state index is 12.7. The molecule has 3 atom stereocenters. The number of nitrogens with zero attached hydrogens (tertiary/aromatic N) is 2. The third-order valence-electron chi connectivity index (χ3n) is 4.79. The van der Waals surface area contributed by atoms with E-state index in [1.165, 1.54) is 0 Å². The number of nitrogens with two attached hydrogens (primary N) is 1. The fourth-order valence-electron chi connectivity index (χ4n) is 3.53. The highest BCUT2D eigenvalue weighted by molar-refractivity contribution is 7.99. The molecule has 1 unspecified atom stereocenters. The number of ether oxygens (including phenoxy) is 1. The number of hydrogen-bond donors (Lipinski definition) is 1. The van der Waals surface area contributed by atoms with E-state index in [0.29, 0.717) is 13.1 Å². The Kier molecular flexibility index (Phi) is 7.00. The van der Waals surface area contributed by atoms with Crippen LogP contribution in [0.4, 0.5) is 0 Å². The standard InChI is InChI=1S/C15H25N3O3S.ClH/c16-10-11-3-4-13(21-11)15(20)18-5-1-2-12(18)14(19)17-6-8-22-9-7-17;/h11-13H,1-10,16H2;1H/t11-,12?,13+;/m1./s1. The molecule has 3 fully saturated rings. The lowest BCUT2D eigenvalue weighted by atomic mass is 10.1. The monoisotopic (exact) mass is 363 g/mol. The van der Waals surface area contributed by atoms with E-state index in [1.807, 2.05) is 16.7 Å². The Bertz CT molecular complexity index is 434. The average Bonchev–Trinajstić information content (AvgIpc) is 3.23. The van der Waals surface area contributed by atoms with E-state index >= 15 is 0 Å². The molecule has 2 N–H and O–H groups in total. The van der Waals surface area contributed by atoms with Gasteiger partial charge in [0.2, 0.25) is 5.91 Å². The first kappa shape index (κ1) is 18.8. The van der Waals surface area contributed by atoms with Crippen LogP contribution in [-0.2, 0) is 14.3 Å². The molecule has 0 radical (unpaired) electrons. The highest BCUT2D eigenvalue weighted by atomic mass is 35.5. The molecule has 3 aliphatic heterocycles. The zero-order valence-electron chi connectivity index (χ0n) is 13.3. The first-order chi connectivity index (χ1) is 10.7. The topological polar surface area (TPSA) is 75.9 Å². The van der Waals surface area contributed by atoms with E-state index in [4.69, 9.17) is 10.5 Å². The van der Waals surface area contributed by atoms with Crippen LogP contribution in [0.3, 0.4) is 0 Å². The van der Waals surface area contributed by atoms with Crippen LogP contribution in [0, 0.1) is 0 Å². The number of carbonyl (C=O) groups excluding carboxylic acids is 2. The lowest BCUT2D eigenvalue weighted by Crippen LogP contribution is -2.52. The van der Waals surface area contributed by atoms with Gasteiger partial charge in [0.25, 0.3) is 5.91 Å². The van der Waals surface area contributed by atoms with Crippen LogP contribution in [0.25, 0.3) is 0 Å². The first-order valence-corrected chi connectivity index (χ1v) is 9.38. The van der Waals surface area contributed by atoms with E-state index in [9.17, 15) is 9.59 Å². The van der Waals surface area contributed by atoms with Crippen molar-refractivity contribution in [2.24, 2.45) is 5.73 Å². The second-order valence-electron chi connectivity index (χ2n) is 6.19. The van der Waals surface area contributed by atoms with Crippen molar-refractivity contribution in [1.82, 2.24) is 9.80 Å². The number of carbonyl (C=O) groups is 2. The third-order valence-corrected chi connectivity index (χ3v) is 5.73. The van der Waals surface area contributed by atoms with E-state index < -0.39 is 6.10 Å². The SMILES string of the molecule is Cl.NC[C@H]1CC[C@@H](C(=O)N2CCCC2C(=O)N2CCSCC2)O1. The van der Waals surface area contributed by atoms with Crippen molar-refractivity contribution in [3.8, 4) is 0 Å². The third kappa shape index (κ3) is 4.13. The number of halogens is 1. The predicted octanol–water partition coefficient (Wildman–Crippen LogP) is 0.481. The Morgan fingerprint density at radius 1 is 1.09 bits per heavy atom. The zero-order chi connectivity index (χ0) is 15.5. The maximum Gasteiger partial charge on any atom is 0.252 e. The second-order valence-corrected chi connectivity index (χ2v) is 7.41. The molecule has 3 heterocycles. The molecule has 23 heavy (non-hydrogen) atoms. The quantitative estimate of drug-likeness (QED) is 0.789. The Morgan fingerprint density at radius 3 is 2.48 bits per heavy atom. The van der Waals surface area contributed by atoms with Crippen molar-refractivity contribution in [1.29, 1.82) is 0 Å². The fraction of sp³-hybridized carbons (Fsp3) is 0.867. The van der Waals surface area contributed by atoms with Crippen molar-refractivity contribution < 1.29 is 14.3 Å². The van der Waals surface area contributed by atoms with Crippen molar-refractivity contribution in [3.63, 3.8) is 0 Å². The Labute approximate surface area is 147 Å². The lowest BCUT2D eigenvalue weighted by Gasteiger charge is -2.33. The summed E-state index contributed by atoms with van der Waals surface area (Å²) in [5, 5.41) is 0. The summed E-state index contributed by atoms with van der Waals surface area (Å²) in [5.41, 5.74) is 5.61. The summed E-state index contributed by atoms with van der Waals surface area (Å²) < 4.78 is 5.71. The summed E-state index contributed by atoms with van der Waals surface area (Å²) >= 11 is 1.88. The van der Waals surface area contributed by atoms with E-state index in [-0.39, 0.29) is 36.4 Å². The fourth-order valence-corrected chi connectivity index (χ4v) is 4.43. The molecule has 0 bridgehead atoms. The molecule has 3 aliphatic rings. The average molecular weight is 364 g/mol. The Balaban J connectivity index is 0.00000192. The van der Waals surface area contributed by atoms with Gasteiger partial charge in [-0.05, 0) is 25.7 Å². The Hall–Kier alpha value is -0.500. The molecule has 0 saturated carbocycles. The van der Waals surface area contributed by atoms with Crippen LogP contribution in [0.1, 0.15) is 25.7 Å². The van der Waals surface area contributed by atoms with E-state index in [2.05, 4.69) is 0 Å². The van der Waals surface area contributed by atoms with Crippen LogP contribution in [0.5, 0.6) is 0 Å². The number of thioether (sulfide) groups is 1. The summed E-state index contributed by atoms with van der Waals surface area (Å²) in [6.07, 6.45) is 2.82. The number of rotatable bonds is 3. The molecule has 6 nitrogen and oxygen atoms in total. The maximum absolute atomic E-state index is 12.7. The largest absolute Gasteiger partial charge is 0.364 e. The minimum Gasteiger partial charge on any atom is -0.364 e. The molecule has 0 aromatic carbocycles. The van der Waals surface area contributed by atoms with Gasteiger partial charge in [0.15, 0.2) is 0 Å². The summed E-state index contributed by atoms with van der Waals surface area (Å²) in [6, 6.07) is -0.281. The van der Waals surface area contributed by atoms with Gasteiger partial charge in [0, 0.05) is 37.7 Å². The van der Waals surface area contributed by atoms with Crippen LogP contribution >= 0.6 is 24.2 Å². The first-order valence-electron chi connectivity index (χ1n) is 8.23. The molecule has 0 aromatic heterocycles. The zero-order valence-corrected chi connectivity index (χ0v) is 14.9. The van der Waals surface area contributed by atoms with Gasteiger partial charge in [-0.15, -0.1) is 12.4 Å². The minimum atomic E-state index is -0.404. The van der Waals surface area contributed by atoms with E-state index in [0.717, 1.165) is 50.3 Å². The lowest BCUT2D eigenvalue weighted by molar-refractivity contribution is -0.150. The van der Waals surface area contributed by atoms with Crippen LogP contribution < -0.4 is 5.73 Å². The van der Waals surface area contributed by atoms with Crippen LogP contribution in [0.15, 0.2) is 0 Å². The summed E-state index contributed by atoms with van der Waals surface area (Å²) in [7, 11) is 0. The highest BCUT2D eigenvalue weighted by Gasteiger charge is 2.41. The molecule has 3 saturated heterocycles. The molecule has 0 aromatic rings. The molecule has 3 rings (SSSR count). The summed E-state index contributed by atoms with van der Waals surface area (Å²) in [4.78, 5) is 29.1. The van der Waals surface area contributed by atoms with Gasteiger partial charge < -0.3 is 20.3 Å².